The Labute approximate surface area is 117 Å². The van der Waals surface area contributed by atoms with Gasteiger partial charge in [0, 0.05) is 12.1 Å². The van der Waals surface area contributed by atoms with Crippen LogP contribution in [-0.2, 0) is 10.0 Å². The first-order chi connectivity index (χ1) is 9.32. The third-order valence-corrected chi connectivity index (χ3v) is 5.06. The van der Waals surface area contributed by atoms with Gasteiger partial charge in [-0.1, -0.05) is 19.3 Å². The van der Waals surface area contributed by atoms with Crippen LogP contribution in [0.3, 0.4) is 0 Å². The molecule has 2 rings (SSSR count). The maximum Gasteiger partial charge on any atom is 0.243 e. The molecule has 112 valence electrons. The third-order valence-electron chi connectivity index (χ3n) is 3.65. The molecule has 1 fully saturated rings. The summed E-state index contributed by atoms with van der Waals surface area (Å²) in [6.45, 7) is 0.0330. The van der Waals surface area contributed by atoms with Gasteiger partial charge in [-0.15, -0.1) is 0 Å². The highest BCUT2D eigenvalue weighted by Crippen LogP contribution is 2.26. The van der Waals surface area contributed by atoms with E-state index in [9.17, 15) is 17.2 Å². The Bertz CT molecular complexity index is 584. The molecule has 0 amide bonds. The summed E-state index contributed by atoms with van der Waals surface area (Å²) in [5.74, 6) is -1.78. The Balaban J connectivity index is 2.13. The van der Waals surface area contributed by atoms with E-state index in [2.05, 4.69) is 4.72 Å². The number of rotatable bonds is 4. The van der Waals surface area contributed by atoms with Gasteiger partial charge in [-0.25, -0.2) is 21.9 Å². The molecule has 1 aromatic carbocycles. The summed E-state index contributed by atoms with van der Waals surface area (Å²) >= 11 is 0. The Morgan fingerprint density at radius 3 is 2.50 bits per heavy atom. The van der Waals surface area contributed by atoms with E-state index in [1.165, 1.54) is 0 Å². The average molecular weight is 304 g/mol. The highest BCUT2D eigenvalue weighted by Gasteiger charge is 2.30. The fourth-order valence-corrected chi connectivity index (χ4v) is 3.66. The van der Waals surface area contributed by atoms with Crippen molar-refractivity contribution in [1.82, 2.24) is 4.72 Å². The van der Waals surface area contributed by atoms with Gasteiger partial charge in [0.05, 0.1) is 0 Å². The molecule has 3 N–H and O–H groups in total. The predicted molar refractivity (Wildman–Crippen MR) is 71.5 cm³/mol. The zero-order chi connectivity index (χ0) is 14.8. The molecule has 0 radical (unpaired) electrons. The van der Waals surface area contributed by atoms with Crippen molar-refractivity contribution in [3.63, 3.8) is 0 Å². The molecule has 0 bridgehead atoms. The molecular formula is C13H18F2N2O2S. The van der Waals surface area contributed by atoms with Crippen LogP contribution >= 0.6 is 0 Å². The summed E-state index contributed by atoms with van der Waals surface area (Å²) in [6, 6.07) is 2.34. The zero-order valence-electron chi connectivity index (χ0n) is 11.0. The van der Waals surface area contributed by atoms with E-state index in [1.807, 2.05) is 0 Å². The van der Waals surface area contributed by atoms with Crippen LogP contribution in [0, 0.1) is 11.6 Å². The van der Waals surface area contributed by atoms with Crippen molar-refractivity contribution in [3.05, 3.63) is 29.8 Å². The first kappa shape index (κ1) is 15.3. The largest absolute Gasteiger partial charge is 0.324 e. The smallest absolute Gasteiger partial charge is 0.243 e. The fraction of sp³-hybridized carbons (Fsp3) is 0.538. The highest BCUT2D eigenvalue weighted by atomic mass is 32.2. The summed E-state index contributed by atoms with van der Waals surface area (Å²) in [5.41, 5.74) is 5.52. The maximum atomic E-state index is 13.5. The Morgan fingerprint density at radius 2 is 1.85 bits per heavy atom. The molecule has 0 atom stereocenters. The van der Waals surface area contributed by atoms with Crippen molar-refractivity contribution in [2.24, 2.45) is 5.73 Å². The zero-order valence-corrected chi connectivity index (χ0v) is 11.8. The summed E-state index contributed by atoms with van der Waals surface area (Å²) in [4.78, 5) is -0.683. The maximum absolute atomic E-state index is 13.5. The van der Waals surface area contributed by atoms with Gasteiger partial charge in [-0.3, -0.25) is 0 Å². The minimum atomic E-state index is -4.10. The molecule has 1 aliphatic carbocycles. The molecule has 0 aliphatic heterocycles. The average Bonchev–Trinajstić information content (AvgIpc) is 2.40. The molecule has 1 aliphatic rings. The lowest BCUT2D eigenvalue weighted by molar-refractivity contribution is 0.296. The van der Waals surface area contributed by atoms with Crippen molar-refractivity contribution in [2.75, 3.05) is 6.54 Å². The number of halogens is 2. The second-order valence-electron chi connectivity index (χ2n) is 5.32. The van der Waals surface area contributed by atoms with E-state index >= 15 is 0 Å². The van der Waals surface area contributed by atoms with Crippen LogP contribution < -0.4 is 10.5 Å². The van der Waals surface area contributed by atoms with E-state index in [-0.39, 0.29) is 6.54 Å². The van der Waals surface area contributed by atoms with Crippen LogP contribution in [-0.4, -0.2) is 20.5 Å². The molecule has 0 unspecified atom stereocenters. The predicted octanol–water partition coefficient (Wildman–Crippen LogP) is 1.90. The summed E-state index contributed by atoms with van der Waals surface area (Å²) < 4.78 is 52.9. The quantitative estimate of drug-likeness (QED) is 0.892. The minimum absolute atomic E-state index is 0.0330. The second-order valence-corrected chi connectivity index (χ2v) is 7.06. The van der Waals surface area contributed by atoms with E-state index in [0.29, 0.717) is 6.07 Å². The van der Waals surface area contributed by atoms with Gasteiger partial charge in [0.15, 0.2) is 0 Å². The van der Waals surface area contributed by atoms with Crippen LogP contribution in [0.5, 0.6) is 0 Å². The van der Waals surface area contributed by atoms with Crippen LogP contribution in [0.15, 0.2) is 23.1 Å². The monoisotopic (exact) mass is 304 g/mol. The van der Waals surface area contributed by atoms with Gasteiger partial charge in [0.1, 0.15) is 16.5 Å². The van der Waals surface area contributed by atoms with Crippen LogP contribution in [0.1, 0.15) is 32.1 Å². The van der Waals surface area contributed by atoms with Crippen LogP contribution in [0.4, 0.5) is 8.78 Å². The number of hydrogen-bond donors (Lipinski definition) is 2. The topological polar surface area (TPSA) is 72.2 Å². The first-order valence-corrected chi connectivity index (χ1v) is 8.04. The molecular weight excluding hydrogens is 286 g/mol. The Morgan fingerprint density at radius 1 is 1.20 bits per heavy atom. The molecule has 0 saturated heterocycles. The van der Waals surface area contributed by atoms with Crippen LogP contribution in [0.2, 0.25) is 0 Å². The highest BCUT2D eigenvalue weighted by molar-refractivity contribution is 7.89. The summed E-state index contributed by atoms with van der Waals surface area (Å²) in [7, 11) is -4.10. The molecule has 20 heavy (non-hydrogen) atoms. The Kier molecular flexibility index (Phi) is 4.41. The van der Waals surface area contributed by atoms with Crippen molar-refractivity contribution in [2.45, 2.75) is 42.5 Å². The number of benzene rings is 1. The number of nitrogens with two attached hydrogens (primary N) is 1. The lowest BCUT2D eigenvalue weighted by Crippen LogP contribution is -2.51. The molecule has 4 nitrogen and oxygen atoms in total. The molecule has 0 heterocycles. The molecule has 1 aromatic rings. The lowest BCUT2D eigenvalue weighted by Gasteiger charge is -2.33. The number of hydrogen-bond acceptors (Lipinski definition) is 3. The van der Waals surface area contributed by atoms with Crippen LogP contribution in [0.25, 0.3) is 0 Å². The van der Waals surface area contributed by atoms with Gasteiger partial charge in [0.25, 0.3) is 0 Å². The molecule has 7 heteroatoms. The van der Waals surface area contributed by atoms with Gasteiger partial charge < -0.3 is 5.73 Å². The van der Waals surface area contributed by atoms with Gasteiger partial charge in [-0.2, -0.15) is 0 Å². The SMILES string of the molecule is NC1(CNS(=O)(=O)c2cc(F)ccc2F)CCCCC1. The summed E-state index contributed by atoms with van der Waals surface area (Å²) in [6.07, 6.45) is 4.44. The summed E-state index contributed by atoms with van der Waals surface area (Å²) in [5, 5.41) is 0. The first-order valence-electron chi connectivity index (χ1n) is 6.56. The normalized spacial score (nSPS) is 18.9. The second kappa shape index (κ2) is 5.75. The van der Waals surface area contributed by atoms with Crippen molar-refractivity contribution >= 4 is 10.0 Å². The Hall–Kier alpha value is -1.05. The van der Waals surface area contributed by atoms with E-state index < -0.39 is 32.1 Å². The van der Waals surface area contributed by atoms with E-state index in [0.717, 1.165) is 44.2 Å². The minimum Gasteiger partial charge on any atom is -0.324 e. The molecule has 1 saturated carbocycles. The van der Waals surface area contributed by atoms with Gasteiger partial charge in [-0.05, 0) is 31.0 Å². The van der Waals surface area contributed by atoms with Crippen molar-refractivity contribution in [3.8, 4) is 0 Å². The van der Waals surface area contributed by atoms with E-state index in [4.69, 9.17) is 5.73 Å². The van der Waals surface area contributed by atoms with Gasteiger partial charge >= 0.3 is 0 Å². The van der Waals surface area contributed by atoms with Crippen molar-refractivity contribution < 1.29 is 17.2 Å². The fourth-order valence-electron chi connectivity index (χ4n) is 2.43. The lowest BCUT2D eigenvalue weighted by atomic mass is 9.83. The number of sulfonamides is 1. The van der Waals surface area contributed by atoms with E-state index in [1.54, 1.807) is 0 Å². The molecule has 0 aromatic heterocycles. The van der Waals surface area contributed by atoms with Crippen molar-refractivity contribution in [1.29, 1.82) is 0 Å². The standard InChI is InChI=1S/C13H18F2N2O2S/c14-10-4-5-11(15)12(8-10)20(18,19)17-9-13(16)6-2-1-3-7-13/h4-5,8,17H,1-3,6-7,9,16H2. The van der Waals surface area contributed by atoms with Gasteiger partial charge in [0.2, 0.25) is 10.0 Å². The third kappa shape index (κ3) is 3.53. The molecule has 0 spiro atoms. The number of nitrogens with one attached hydrogen (secondary N) is 1.